The Kier molecular flexibility index (Phi) is 6.01. The van der Waals surface area contributed by atoms with Gasteiger partial charge in [0, 0.05) is 6.54 Å². The number of nitrogens with one attached hydrogen (secondary N) is 1. The monoisotopic (exact) mass is 312 g/mol. The summed E-state index contributed by atoms with van der Waals surface area (Å²) in [5.41, 5.74) is 0. The number of carbonyl (C=O) groups excluding carboxylic acids is 1. The molecule has 96 valence electrons. The van der Waals surface area contributed by atoms with Gasteiger partial charge in [-0.05, 0) is 34.1 Å². The van der Waals surface area contributed by atoms with Crippen molar-refractivity contribution in [1.29, 1.82) is 5.26 Å². The van der Waals surface area contributed by atoms with Crippen molar-refractivity contribution < 1.29 is 14.3 Å². The van der Waals surface area contributed by atoms with Crippen molar-refractivity contribution in [2.75, 3.05) is 20.3 Å². The van der Waals surface area contributed by atoms with E-state index in [4.69, 9.17) is 14.7 Å². The van der Waals surface area contributed by atoms with Crippen LogP contribution in [0.25, 0.3) is 0 Å². The third kappa shape index (κ3) is 4.63. The van der Waals surface area contributed by atoms with E-state index in [1.54, 1.807) is 25.3 Å². The lowest BCUT2D eigenvalue weighted by Crippen LogP contribution is -2.29. The number of halogens is 1. The van der Waals surface area contributed by atoms with Gasteiger partial charge in [0.2, 0.25) is 0 Å². The maximum absolute atomic E-state index is 11.3. The van der Waals surface area contributed by atoms with Crippen LogP contribution >= 0.6 is 15.9 Å². The molecule has 0 aliphatic carbocycles. The molecule has 1 N–H and O–H groups in total. The van der Waals surface area contributed by atoms with Crippen molar-refractivity contribution in [2.24, 2.45) is 0 Å². The summed E-state index contributed by atoms with van der Waals surface area (Å²) in [5.74, 6) is 1.01. The Morgan fingerprint density at radius 3 is 2.94 bits per heavy atom. The topological polar surface area (TPSA) is 71.3 Å². The maximum Gasteiger partial charge on any atom is 0.257 e. The first-order valence-corrected chi connectivity index (χ1v) is 6.06. The summed E-state index contributed by atoms with van der Waals surface area (Å²) >= 11 is 3.32. The van der Waals surface area contributed by atoms with E-state index in [0.29, 0.717) is 22.5 Å². The van der Waals surface area contributed by atoms with E-state index in [1.807, 2.05) is 6.07 Å². The number of hydrogen-bond donors (Lipinski definition) is 1. The van der Waals surface area contributed by atoms with Gasteiger partial charge in [-0.2, -0.15) is 5.26 Å². The number of benzene rings is 1. The number of carbonyl (C=O) groups is 1. The number of nitrogens with zero attached hydrogens (tertiary/aromatic N) is 1. The maximum atomic E-state index is 11.3. The molecular formula is C12H13BrN2O3. The minimum Gasteiger partial charge on any atom is -0.497 e. The summed E-state index contributed by atoms with van der Waals surface area (Å²) in [5, 5.41) is 10.9. The Morgan fingerprint density at radius 1 is 1.56 bits per heavy atom. The van der Waals surface area contributed by atoms with Crippen LogP contribution in [0.2, 0.25) is 0 Å². The zero-order valence-electron chi connectivity index (χ0n) is 9.90. The fourth-order valence-corrected chi connectivity index (χ4v) is 1.65. The summed E-state index contributed by atoms with van der Waals surface area (Å²) < 4.78 is 11.1. The van der Waals surface area contributed by atoms with Crippen molar-refractivity contribution in [3.63, 3.8) is 0 Å². The van der Waals surface area contributed by atoms with Crippen molar-refractivity contribution in [3.8, 4) is 17.6 Å². The Bertz CT molecular complexity index is 457. The highest BCUT2D eigenvalue weighted by atomic mass is 79.9. The van der Waals surface area contributed by atoms with E-state index < -0.39 is 0 Å². The third-order valence-corrected chi connectivity index (χ3v) is 2.68. The molecule has 0 saturated carbocycles. The first-order valence-electron chi connectivity index (χ1n) is 5.27. The largest absolute Gasteiger partial charge is 0.497 e. The first kappa shape index (κ1) is 14.3. The number of amides is 1. The van der Waals surface area contributed by atoms with Crippen LogP contribution in [-0.4, -0.2) is 26.2 Å². The highest BCUT2D eigenvalue weighted by Gasteiger charge is 2.06. The molecule has 5 nitrogen and oxygen atoms in total. The predicted molar refractivity (Wildman–Crippen MR) is 69.4 cm³/mol. The number of hydrogen-bond acceptors (Lipinski definition) is 4. The Balaban J connectivity index is 2.44. The standard InChI is InChI=1S/C12H13BrN2O3/c1-17-9-3-4-11(10(13)7-9)18-8-12(16)15-6-2-5-14/h3-4,7H,2,6,8H2,1H3,(H,15,16). The number of rotatable bonds is 6. The van der Waals surface area contributed by atoms with Gasteiger partial charge >= 0.3 is 0 Å². The summed E-state index contributed by atoms with van der Waals surface area (Å²) in [6.45, 7) is 0.249. The van der Waals surface area contributed by atoms with E-state index in [2.05, 4.69) is 21.2 Å². The molecule has 0 spiro atoms. The molecule has 0 fully saturated rings. The molecule has 0 bridgehead atoms. The molecule has 1 amide bonds. The van der Waals surface area contributed by atoms with Crippen molar-refractivity contribution in [2.45, 2.75) is 6.42 Å². The minimum absolute atomic E-state index is 0.0869. The second-order valence-corrected chi connectivity index (χ2v) is 4.20. The molecular weight excluding hydrogens is 300 g/mol. The van der Waals surface area contributed by atoms with E-state index in [1.165, 1.54) is 0 Å². The van der Waals surface area contributed by atoms with Gasteiger partial charge in [-0.1, -0.05) is 0 Å². The van der Waals surface area contributed by atoms with Crippen molar-refractivity contribution in [3.05, 3.63) is 22.7 Å². The van der Waals surface area contributed by atoms with E-state index in [0.717, 1.165) is 0 Å². The van der Waals surface area contributed by atoms with Gasteiger partial charge in [0.25, 0.3) is 5.91 Å². The third-order valence-electron chi connectivity index (χ3n) is 2.06. The number of ether oxygens (including phenoxy) is 2. The molecule has 0 radical (unpaired) electrons. The highest BCUT2D eigenvalue weighted by molar-refractivity contribution is 9.10. The van der Waals surface area contributed by atoms with E-state index in [-0.39, 0.29) is 18.9 Å². The smallest absolute Gasteiger partial charge is 0.257 e. The molecule has 0 aliphatic heterocycles. The van der Waals surface area contributed by atoms with Crippen LogP contribution < -0.4 is 14.8 Å². The fraction of sp³-hybridized carbons (Fsp3) is 0.333. The SMILES string of the molecule is COc1ccc(OCC(=O)NCCC#N)c(Br)c1. The van der Waals surface area contributed by atoms with Crippen LogP contribution in [0, 0.1) is 11.3 Å². The molecule has 1 aromatic carbocycles. The molecule has 0 atom stereocenters. The highest BCUT2D eigenvalue weighted by Crippen LogP contribution is 2.28. The molecule has 0 heterocycles. The van der Waals surface area contributed by atoms with Gasteiger partial charge in [-0.3, -0.25) is 4.79 Å². The van der Waals surface area contributed by atoms with E-state index in [9.17, 15) is 4.79 Å². The average molecular weight is 313 g/mol. The van der Waals surface area contributed by atoms with Crippen LogP contribution in [0.15, 0.2) is 22.7 Å². The van der Waals surface area contributed by atoms with Gasteiger partial charge in [0.05, 0.1) is 24.1 Å². The lowest BCUT2D eigenvalue weighted by atomic mass is 10.3. The van der Waals surface area contributed by atoms with Gasteiger partial charge in [-0.15, -0.1) is 0 Å². The molecule has 0 saturated heterocycles. The Hall–Kier alpha value is -1.74. The molecule has 6 heteroatoms. The quantitative estimate of drug-likeness (QED) is 0.814. The average Bonchev–Trinajstić information content (AvgIpc) is 2.37. The summed E-state index contributed by atoms with van der Waals surface area (Å²) in [6.07, 6.45) is 0.290. The fourth-order valence-electron chi connectivity index (χ4n) is 1.18. The summed E-state index contributed by atoms with van der Waals surface area (Å²) in [4.78, 5) is 11.3. The van der Waals surface area contributed by atoms with Crippen LogP contribution in [-0.2, 0) is 4.79 Å². The molecule has 0 aliphatic rings. The molecule has 0 aromatic heterocycles. The first-order chi connectivity index (χ1) is 8.67. The van der Waals surface area contributed by atoms with Crippen LogP contribution in [0.5, 0.6) is 11.5 Å². The van der Waals surface area contributed by atoms with Crippen LogP contribution in [0.4, 0.5) is 0 Å². The lowest BCUT2D eigenvalue weighted by Gasteiger charge is -2.09. The van der Waals surface area contributed by atoms with Gasteiger partial charge < -0.3 is 14.8 Å². The van der Waals surface area contributed by atoms with Crippen molar-refractivity contribution >= 4 is 21.8 Å². The summed E-state index contributed by atoms with van der Waals surface area (Å²) in [6, 6.07) is 7.15. The van der Waals surface area contributed by atoms with Crippen LogP contribution in [0.3, 0.4) is 0 Å². The molecule has 1 aromatic rings. The Morgan fingerprint density at radius 2 is 2.33 bits per heavy atom. The lowest BCUT2D eigenvalue weighted by molar-refractivity contribution is -0.123. The second-order valence-electron chi connectivity index (χ2n) is 3.34. The second kappa shape index (κ2) is 7.56. The van der Waals surface area contributed by atoms with Gasteiger partial charge in [0.15, 0.2) is 6.61 Å². The van der Waals surface area contributed by atoms with Gasteiger partial charge in [0.1, 0.15) is 11.5 Å². The molecule has 0 unspecified atom stereocenters. The van der Waals surface area contributed by atoms with Gasteiger partial charge in [-0.25, -0.2) is 0 Å². The van der Waals surface area contributed by atoms with Crippen molar-refractivity contribution in [1.82, 2.24) is 5.32 Å². The van der Waals surface area contributed by atoms with Crippen LogP contribution in [0.1, 0.15) is 6.42 Å². The molecule has 18 heavy (non-hydrogen) atoms. The number of nitriles is 1. The zero-order chi connectivity index (χ0) is 13.4. The minimum atomic E-state index is -0.257. The number of methoxy groups -OCH3 is 1. The zero-order valence-corrected chi connectivity index (χ0v) is 11.5. The normalized spacial score (nSPS) is 9.39. The predicted octanol–water partition coefficient (Wildman–Crippen LogP) is 1.87. The molecule has 1 rings (SSSR count). The Labute approximate surface area is 114 Å². The van der Waals surface area contributed by atoms with E-state index >= 15 is 0 Å². The summed E-state index contributed by atoms with van der Waals surface area (Å²) in [7, 11) is 1.57.